The third kappa shape index (κ3) is 2.30. The zero-order valence-electron chi connectivity index (χ0n) is 10.0. The normalized spacial score (nSPS) is 10.7. The number of aromatic amines is 1. The molecule has 6 heteroatoms. The molecule has 0 aliphatic rings. The number of carbonyl (C=O) groups excluding carboxylic acids is 1. The zero-order valence-corrected chi connectivity index (χ0v) is 10.8. The number of fused-ring (bicyclic) bond motifs is 1. The van der Waals surface area contributed by atoms with Crippen LogP contribution < -0.4 is 11.1 Å². The lowest BCUT2D eigenvalue weighted by atomic mass is 10.2. The maximum Gasteiger partial charge on any atom is 0.272 e. The van der Waals surface area contributed by atoms with Gasteiger partial charge in [0.2, 0.25) is 0 Å². The van der Waals surface area contributed by atoms with Crippen LogP contribution in [0.4, 0.5) is 5.69 Å². The molecule has 1 aromatic carbocycles. The molecule has 0 saturated heterocycles. The van der Waals surface area contributed by atoms with Gasteiger partial charge in [-0.2, -0.15) is 16.4 Å². The van der Waals surface area contributed by atoms with Gasteiger partial charge >= 0.3 is 0 Å². The monoisotopic (exact) mass is 272 g/mol. The fourth-order valence-corrected chi connectivity index (χ4v) is 2.53. The lowest BCUT2D eigenvalue weighted by molar-refractivity contribution is 0.0947. The van der Waals surface area contributed by atoms with E-state index in [1.165, 1.54) is 0 Å². The first-order valence-corrected chi connectivity index (χ1v) is 6.71. The molecule has 3 rings (SSSR count). The van der Waals surface area contributed by atoms with Crippen molar-refractivity contribution in [3.8, 4) is 0 Å². The number of amides is 1. The minimum atomic E-state index is -0.206. The number of hydrogen-bond acceptors (Lipinski definition) is 4. The maximum atomic E-state index is 12.1. The summed E-state index contributed by atoms with van der Waals surface area (Å²) in [6.07, 6.45) is 0. The number of nitrogens with two attached hydrogens (primary N) is 1. The van der Waals surface area contributed by atoms with E-state index in [-0.39, 0.29) is 5.91 Å². The van der Waals surface area contributed by atoms with Gasteiger partial charge in [-0.1, -0.05) is 0 Å². The van der Waals surface area contributed by atoms with E-state index < -0.39 is 0 Å². The second kappa shape index (κ2) is 4.74. The van der Waals surface area contributed by atoms with Crippen molar-refractivity contribution < 1.29 is 4.79 Å². The molecule has 2 aromatic heterocycles. The third-order valence-electron chi connectivity index (χ3n) is 2.84. The number of benzene rings is 1. The largest absolute Gasteiger partial charge is 0.399 e. The molecule has 0 spiro atoms. The molecule has 0 aliphatic carbocycles. The summed E-state index contributed by atoms with van der Waals surface area (Å²) in [5.41, 5.74) is 8.60. The van der Waals surface area contributed by atoms with E-state index in [0.29, 0.717) is 17.9 Å². The number of nitrogens with zero attached hydrogens (tertiary/aromatic N) is 1. The average Bonchev–Trinajstić information content (AvgIpc) is 3.04. The Bertz CT molecular complexity index is 717. The van der Waals surface area contributed by atoms with Crippen LogP contribution in [-0.4, -0.2) is 16.1 Å². The summed E-state index contributed by atoms with van der Waals surface area (Å²) < 4.78 is 0. The molecule has 0 radical (unpaired) electrons. The minimum absolute atomic E-state index is 0.206. The smallest absolute Gasteiger partial charge is 0.272 e. The van der Waals surface area contributed by atoms with Crippen molar-refractivity contribution in [3.63, 3.8) is 0 Å². The highest BCUT2D eigenvalue weighted by atomic mass is 32.1. The second-order valence-corrected chi connectivity index (χ2v) is 4.97. The van der Waals surface area contributed by atoms with Crippen LogP contribution >= 0.6 is 11.3 Å². The van der Waals surface area contributed by atoms with Gasteiger partial charge in [-0.3, -0.25) is 9.89 Å². The number of H-pyrrole nitrogens is 1. The highest BCUT2D eigenvalue weighted by Crippen LogP contribution is 2.18. The molecule has 19 heavy (non-hydrogen) atoms. The van der Waals surface area contributed by atoms with Crippen molar-refractivity contribution in [2.24, 2.45) is 0 Å². The van der Waals surface area contributed by atoms with Gasteiger partial charge in [0.1, 0.15) is 0 Å². The van der Waals surface area contributed by atoms with Crippen LogP contribution in [-0.2, 0) is 6.54 Å². The number of carbonyl (C=O) groups is 1. The highest BCUT2D eigenvalue weighted by Gasteiger charge is 2.13. The number of anilines is 1. The van der Waals surface area contributed by atoms with Crippen molar-refractivity contribution in [1.29, 1.82) is 0 Å². The summed E-state index contributed by atoms with van der Waals surface area (Å²) in [6.45, 7) is 0.499. The molecule has 1 amide bonds. The van der Waals surface area contributed by atoms with E-state index in [0.717, 1.165) is 16.5 Å². The van der Waals surface area contributed by atoms with Crippen LogP contribution in [0.1, 0.15) is 16.1 Å². The number of thiophene rings is 1. The molecule has 0 saturated carbocycles. The van der Waals surface area contributed by atoms with Gasteiger partial charge in [-0.25, -0.2) is 0 Å². The number of nitrogens with one attached hydrogen (secondary N) is 2. The Morgan fingerprint density at radius 1 is 1.42 bits per heavy atom. The average molecular weight is 272 g/mol. The number of hydrogen-bond donors (Lipinski definition) is 3. The Balaban J connectivity index is 1.83. The van der Waals surface area contributed by atoms with Crippen molar-refractivity contribution in [2.45, 2.75) is 6.54 Å². The van der Waals surface area contributed by atoms with Gasteiger partial charge < -0.3 is 11.1 Å². The minimum Gasteiger partial charge on any atom is -0.399 e. The van der Waals surface area contributed by atoms with E-state index >= 15 is 0 Å². The summed E-state index contributed by atoms with van der Waals surface area (Å²) in [4.78, 5) is 12.1. The van der Waals surface area contributed by atoms with Crippen molar-refractivity contribution in [1.82, 2.24) is 15.5 Å². The van der Waals surface area contributed by atoms with Crippen LogP contribution in [0.5, 0.6) is 0 Å². The second-order valence-electron chi connectivity index (χ2n) is 4.19. The molecular weight excluding hydrogens is 260 g/mol. The first-order valence-electron chi connectivity index (χ1n) is 5.77. The van der Waals surface area contributed by atoms with Crippen molar-refractivity contribution >= 4 is 33.8 Å². The first-order chi connectivity index (χ1) is 9.24. The van der Waals surface area contributed by atoms with Crippen LogP contribution in [0, 0.1) is 0 Å². The molecule has 5 nitrogen and oxygen atoms in total. The molecule has 0 unspecified atom stereocenters. The fraction of sp³-hybridized carbons (Fsp3) is 0.0769. The number of aromatic nitrogens is 2. The first kappa shape index (κ1) is 11.7. The third-order valence-corrected chi connectivity index (χ3v) is 3.57. The van der Waals surface area contributed by atoms with Crippen LogP contribution in [0.15, 0.2) is 35.0 Å². The molecule has 4 N–H and O–H groups in total. The van der Waals surface area contributed by atoms with E-state index in [4.69, 9.17) is 5.73 Å². The summed E-state index contributed by atoms with van der Waals surface area (Å²) in [6, 6.07) is 7.31. The highest BCUT2D eigenvalue weighted by molar-refractivity contribution is 7.07. The maximum absolute atomic E-state index is 12.1. The number of nitrogen functional groups attached to an aromatic ring is 1. The lowest BCUT2D eigenvalue weighted by Gasteiger charge is -2.01. The van der Waals surface area contributed by atoms with Crippen LogP contribution in [0.3, 0.4) is 0 Å². The lowest BCUT2D eigenvalue weighted by Crippen LogP contribution is -2.23. The SMILES string of the molecule is Nc1ccc2[nH]nc(C(=O)NCc3ccsc3)c2c1. The van der Waals surface area contributed by atoms with Crippen LogP contribution in [0.25, 0.3) is 10.9 Å². The van der Waals surface area contributed by atoms with E-state index in [1.54, 1.807) is 23.5 Å². The topological polar surface area (TPSA) is 83.8 Å². The summed E-state index contributed by atoms with van der Waals surface area (Å²) in [7, 11) is 0. The Morgan fingerprint density at radius 2 is 2.32 bits per heavy atom. The molecule has 0 fully saturated rings. The summed E-state index contributed by atoms with van der Waals surface area (Å²) in [5.74, 6) is -0.206. The predicted molar refractivity (Wildman–Crippen MR) is 76.0 cm³/mol. The number of rotatable bonds is 3. The van der Waals surface area contributed by atoms with Gasteiger partial charge in [-0.15, -0.1) is 0 Å². The Kier molecular flexibility index (Phi) is 2.92. The molecule has 3 aromatic rings. The van der Waals surface area contributed by atoms with E-state index in [9.17, 15) is 4.79 Å². The van der Waals surface area contributed by atoms with Crippen molar-refractivity contribution in [3.05, 3.63) is 46.3 Å². The molecular formula is C13H12N4OS. The van der Waals surface area contributed by atoms with Gasteiger partial charge in [0, 0.05) is 17.6 Å². The zero-order chi connectivity index (χ0) is 13.2. The molecule has 96 valence electrons. The van der Waals surface area contributed by atoms with E-state index in [2.05, 4.69) is 15.5 Å². The van der Waals surface area contributed by atoms with Crippen molar-refractivity contribution in [2.75, 3.05) is 5.73 Å². The van der Waals surface area contributed by atoms with Gasteiger partial charge in [0.15, 0.2) is 5.69 Å². The quantitative estimate of drug-likeness (QED) is 0.639. The van der Waals surface area contributed by atoms with E-state index in [1.807, 2.05) is 22.9 Å². The fourth-order valence-electron chi connectivity index (χ4n) is 1.86. The predicted octanol–water partition coefficient (Wildman–Crippen LogP) is 2.14. The molecule has 0 aliphatic heterocycles. The molecule has 0 bridgehead atoms. The standard InChI is InChI=1S/C13H12N4OS/c14-9-1-2-11-10(5-9)12(17-16-11)13(18)15-6-8-3-4-19-7-8/h1-5,7H,6,14H2,(H,15,18)(H,16,17). The summed E-state index contributed by atoms with van der Waals surface area (Å²) in [5, 5.41) is 14.4. The Labute approximate surface area is 113 Å². The summed E-state index contributed by atoms with van der Waals surface area (Å²) >= 11 is 1.60. The molecule has 2 heterocycles. The van der Waals surface area contributed by atoms with Gasteiger partial charge in [0.25, 0.3) is 5.91 Å². The Hall–Kier alpha value is -2.34. The van der Waals surface area contributed by atoms with Crippen LogP contribution in [0.2, 0.25) is 0 Å². The van der Waals surface area contributed by atoms with Gasteiger partial charge in [0.05, 0.1) is 5.52 Å². The Morgan fingerprint density at radius 3 is 3.11 bits per heavy atom. The molecule has 0 atom stereocenters. The van der Waals surface area contributed by atoms with Gasteiger partial charge in [-0.05, 0) is 40.6 Å².